The molecule has 0 spiro atoms. The van der Waals surface area contributed by atoms with Crippen molar-refractivity contribution in [2.24, 2.45) is 34.5 Å². The zero-order valence-corrected chi connectivity index (χ0v) is 13.7. The highest BCUT2D eigenvalue weighted by molar-refractivity contribution is 6.11. The minimum atomic E-state index is -1.35. The standard InChI is InChI=1S/C17H24O5/c1-9-5-6-10-8-22-13(18)12(10)17(15(20)21-4)11(9)7-16(2,3)14(17)19/h9-12H,5-8H2,1-4H3/t9-,10+,11+,12+,17-/m1/s1. The van der Waals surface area contributed by atoms with Crippen molar-refractivity contribution in [2.75, 3.05) is 13.7 Å². The largest absolute Gasteiger partial charge is 0.468 e. The highest BCUT2D eigenvalue weighted by Gasteiger charge is 2.72. The number of fused-ring (bicyclic) bond motifs is 3. The molecule has 5 heteroatoms. The van der Waals surface area contributed by atoms with E-state index in [9.17, 15) is 14.4 Å². The number of ketones is 1. The second-order valence-electron chi connectivity index (χ2n) is 7.81. The van der Waals surface area contributed by atoms with Gasteiger partial charge in [0, 0.05) is 11.3 Å². The molecule has 1 saturated heterocycles. The van der Waals surface area contributed by atoms with Gasteiger partial charge in [-0.05, 0) is 31.1 Å². The predicted octanol–water partition coefficient (Wildman–Crippen LogP) is 1.98. The van der Waals surface area contributed by atoms with Crippen LogP contribution in [0.3, 0.4) is 0 Å². The number of esters is 2. The maximum absolute atomic E-state index is 13.3. The number of carbonyl (C=O) groups is 3. The van der Waals surface area contributed by atoms with E-state index in [0.29, 0.717) is 13.0 Å². The smallest absolute Gasteiger partial charge is 0.320 e. The second-order valence-corrected chi connectivity index (χ2v) is 7.81. The molecule has 0 amide bonds. The Morgan fingerprint density at radius 2 is 1.95 bits per heavy atom. The van der Waals surface area contributed by atoms with Crippen LogP contribution in [0.15, 0.2) is 0 Å². The number of hydrogen-bond donors (Lipinski definition) is 0. The van der Waals surface area contributed by atoms with Crippen molar-refractivity contribution in [3.8, 4) is 0 Å². The van der Waals surface area contributed by atoms with Crippen molar-refractivity contribution in [1.29, 1.82) is 0 Å². The summed E-state index contributed by atoms with van der Waals surface area (Å²) >= 11 is 0. The molecule has 1 aliphatic heterocycles. The van der Waals surface area contributed by atoms with Crippen LogP contribution in [0.4, 0.5) is 0 Å². The topological polar surface area (TPSA) is 69.7 Å². The first-order valence-electron chi connectivity index (χ1n) is 8.06. The van der Waals surface area contributed by atoms with Crippen LogP contribution >= 0.6 is 0 Å². The molecule has 5 atom stereocenters. The van der Waals surface area contributed by atoms with Crippen LogP contribution in [0.1, 0.15) is 40.0 Å². The lowest BCUT2D eigenvalue weighted by Gasteiger charge is -2.36. The quantitative estimate of drug-likeness (QED) is 0.547. The van der Waals surface area contributed by atoms with Gasteiger partial charge >= 0.3 is 11.9 Å². The summed E-state index contributed by atoms with van der Waals surface area (Å²) in [6.07, 6.45) is 2.35. The number of rotatable bonds is 1. The summed E-state index contributed by atoms with van der Waals surface area (Å²) in [4.78, 5) is 38.5. The molecule has 2 saturated carbocycles. The van der Waals surface area contributed by atoms with E-state index in [0.717, 1.165) is 12.8 Å². The van der Waals surface area contributed by atoms with Crippen LogP contribution in [-0.2, 0) is 23.9 Å². The van der Waals surface area contributed by atoms with Gasteiger partial charge < -0.3 is 9.47 Å². The van der Waals surface area contributed by atoms with Crippen LogP contribution in [0.5, 0.6) is 0 Å². The van der Waals surface area contributed by atoms with Crippen molar-refractivity contribution >= 4 is 17.7 Å². The van der Waals surface area contributed by atoms with Gasteiger partial charge in [0.25, 0.3) is 0 Å². The third kappa shape index (κ3) is 1.74. The normalized spacial score (nSPS) is 43.1. The number of ether oxygens (including phenoxy) is 2. The molecule has 0 aromatic rings. The molecule has 3 fully saturated rings. The van der Waals surface area contributed by atoms with Gasteiger partial charge in [-0.1, -0.05) is 20.8 Å². The molecule has 1 heterocycles. The highest BCUT2D eigenvalue weighted by Crippen LogP contribution is 2.62. The van der Waals surface area contributed by atoms with Crippen LogP contribution < -0.4 is 0 Å². The lowest BCUT2D eigenvalue weighted by molar-refractivity contribution is -0.171. The van der Waals surface area contributed by atoms with Gasteiger partial charge in [-0.25, -0.2) is 0 Å². The SMILES string of the molecule is COC(=O)[C@]12C(=O)C(C)(C)C[C@H]1[C@H](C)CC[C@H]1COC(=O)[C@H]12. The summed E-state index contributed by atoms with van der Waals surface area (Å²) in [6, 6.07) is 0. The van der Waals surface area contributed by atoms with E-state index in [1.165, 1.54) is 7.11 Å². The lowest BCUT2D eigenvalue weighted by Crippen LogP contribution is -2.53. The monoisotopic (exact) mass is 308 g/mol. The van der Waals surface area contributed by atoms with Gasteiger partial charge in [-0.15, -0.1) is 0 Å². The highest BCUT2D eigenvalue weighted by atomic mass is 16.5. The van der Waals surface area contributed by atoms with E-state index in [1.54, 1.807) is 0 Å². The Balaban J connectivity index is 2.24. The van der Waals surface area contributed by atoms with Crippen molar-refractivity contribution in [3.05, 3.63) is 0 Å². The first kappa shape index (κ1) is 15.5. The number of cyclic esters (lactones) is 1. The molecule has 0 aromatic heterocycles. The maximum atomic E-state index is 13.3. The van der Waals surface area contributed by atoms with E-state index in [2.05, 4.69) is 6.92 Å². The second kappa shape index (κ2) is 4.80. The van der Waals surface area contributed by atoms with Gasteiger partial charge in [-0.2, -0.15) is 0 Å². The molecule has 122 valence electrons. The summed E-state index contributed by atoms with van der Waals surface area (Å²) in [6.45, 7) is 6.14. The Kier molecular flexibility index (Phi) is 3.38. The third-order valence-corrected chi connectivity index (χ3v) is 6.16. The molecule has 3 aliphatic rings. The van der Waals surface area contributed by atoms with Gasteiger partial charge in [0.2, 0.25) is 0 Å². The average Bonchev–Trinajstić information content (AvgIpc) is 2.89. The molecule has 3 rings (SSSR count). The molecule has 22 heavy (non-hydrogen) atoms. The van der Waals surface area contributed by atoms with Crippen LogP contribution in [0.25, 0.3) is 0 Å². The molecule has 0 aromatic carbocycles. The maximum Gasteiger partial charge on any atom is 0.320 e. The minimum absolute atomic E-state index is 0.0584. The van der Waals surface area contributed by atoms with Gasteiger partial charge in [0.1, 0.15) is 5.41 Å². The van der Waals surface area contributed by atoms with E-state index >= 15 is 0 Å². The molecule has 0 bridgehead atoms. The van der Waals surface area contributed by atoms with Crippen molar-refractivity contribution in [1.82, 2.24) is 0 Å². The number of hydrogen-bond acceptors (Lipinski definition) is 5. The Bertz CT molecular complexity index is 537. The zero-order chi connectivity index (χ0) is 16.3. The Labute approximate surface area is 130 Å². The first-order chi connectivity index (χ1) is 10.3. The molecular formula is C17H24O5. The predicted molar refractivity (Wildman–Crippen MR) is 77.7 cm³/mol. The molecule has 0 unspecified atom stereocenters. The van der Waals surface area contributed by atoms with Crippen molar-refractivity contribution in [2.45, 2.75) is 40.0 Å². The van der Waals surface area contributed by atoms with Crippen LogP contribution in [0, 0.1) is 34.5 Å². The van der Waals surface area contributed by atoms with Gasteiger partial charge in [0.15, 0.2) is 5.78 Å². The minimum Gasteiger partial charge on any atom is -0.468 e. The summed E-state index contributed by atoms with van der Waals surface area (Å²) in [7, 11) is 1.30. The fraction of sp³-hybridized carbons (Fsp3) is 0.824. The van der Waals surface area contributed by atoms with Gasteiger partial charge in [-0.3, -0.25) is 14.4 Å². The van der Waals surface area contributed by atoms with Crippen molar-refractivity contribution in [3.63, 3.8) is 0 Å². The Morgan fingerprint density at radius 1 is 1.27 bits per heavy atom. The van der Waals surface area contributed by atoms with Crippen molar-refractivity contribution < 1.29 is 23.9 Å². The molecule has 0 N–H and O–H groups in total. The Morgan fingerprint density at radius 3 is 2.59 bits per heavy atom. The number of Topliss-reactive ketones (excluding diaryl/α,β-unsaturated/α-hetero) is 1. The fourth-order valence-corrected chi connectivity index (χ4v) is 5.15. The van der Waals surface area contributed by atoms with E-state index in [-0.39, 0.29) is 23.5 Å². The van der Waals surface area contributed by atoms with Gasteiger partial charge in [0.05, 0.1) is 19.6 Å². The molecule has 2 aliphatic carbocycles. The Hall–Kier alpha value is -1.39. The summed E-state index contributed by atoms with van der Waals surface area (Å²) in [5.74, 6) is -1.76. The summed E-state index contributed by atoms with van der Waals surface area (Å²) in [5.41, 5.74) is -1.97. The third-order valence-electron chi connectivity index (χ3n) is 6.16. The zero-order valence-electron chi connectivity index (χ0n) is 13.7. The number of carbonyl (C=O) groups excluding carboxylic acids is 3. The van der Waals surface area contributed by atoms with Crippen LogP contribution in [-0.4, -0.2) is 31.4 Å². The molecular weight excluding hydrogens is 284 g/mol. The average molecular weight is 308 g/mol. The molecule has 5 nitrogen and oxygen atoms in total. The summed E-state index contributed by atoms with van der Waals surface area (Å²) in [5, 5.41) is 0. The molecule has 0 radical (unpaired) electrons. The van der Waals surface area contributed by atoms with E-state index < -0.39 is 28.7 Å². The van der Waals surface area contributed by atoms with E-state index in [4.69, 9.17) is 9.47 Å². The first-order valence-corrected chi connectivity index (χ1v) is 8.06. The number of methoxy groups -OCH3 is 1. The van der Waals surface area contributed by atoms with E-state index in [1.807, 2.05) is 13.8 Å². The fourth-order valence-electron chi connectivity index (χ4n) is 5.15. The van der Waals surface area contributed by atoms with Crippen LogP contribution in [0.2, 0.25) is 0 Å². The lowest BCUT2D eigenvalue weighted by atomic mass is 9.62. The summed E-state index contributed by atoms with van der Waals surface area (Å²) < 4.78 is 10.3.